The van der Waals surface area contributed by atoms with Crippen LogP contribution in [0.4, 0.5) is 0 Å². The molecule has 0 saturated carbocycles. The predicted molar refractivity (Wildman–Crippen MR) is 78.6 cm³/mol. The van der Waals surface area contributed by atoms with Gasteiger partial charge in [0.15, 0.2) is 0 Å². The van der Waals surface area contributed by atoms with E-state index in [1.54, 1.807) is 36.4 Å². The minimum atomic E-state index is -0.858. The Hall–Kier alpha value is -1.71. The van der Waals surface area contributed by atoms with Crippen molar-refractivity contribution in [3.8, 4) is 5.75 Å². The SMILES string of the molecule is O=C(O)Cc1cccc(COc2ccc(Cl)cc2Cl)c1. The van der Waals surface area contributed by atoms with Gasteiger partial charge in [-0.3, -0.25) is 4.79 Å². The summed E-state index contributed by atoms with van der Waals surface area (Å²) >= 11 is 11.8. The van der Waals surface area contributed by atoms with Crippen LogP contribution in [0.3, 0.4) is 0 Å². The second-order valence-electron chi connectivity index (χ2n) is 4.25. The fraction of sp³-hybridized carbons (Fsp3) is 0.133. The number of rotatable bonds is 5. The highest BCUT2D eigenvalue weighted by atomic mass is 35.5. The first-order chi connectivity index (χ1) is 9.54. The zero-order chi connectivity index (χ0) is 14.5. The van der Waals surface area contributed by atoms with Crippen LogP contribution in [-0.2, 0) is 17.8 Å². The monoisotopic (exact) mass is 310 g/mol. The van der Waals surface area contributed by atoms with E-state index in [0.717, 1.165) is 11.1 Å². The molecular formula is C15H12Cl2O3. The highest BCUT2D eigenvalue weighted by molar-refractivity contribution is 6.35. The fourth-order valence-corrected chi connectivity index (χ4v) is 2.22. The van der Waals surface area contributed by atoms with Crippen molar-refractivity contribution in [3.63, 3.8) is 0 Å². The van der Waals surface area contributed by atoms with Gasteiger partial charge < -0.3 is 9.84 Å². The van der Waals surface area contributed by atoms with Crippen LogP contribution in [0.5, 0.6) is 5.75 Å². The molecule has 0 aliphatic heterocycles. The number of carboxylic acids is 1. The smallest absolute Gasteiger partial charge is 0.307 e. The molecule has 5 heteroatoms. The molecule has 0 saturated heterocycles. The first-order valence-electron chi connectivity index (χ1n) is 5.92. The van der Waals surface area contributed by atoms with Crippen molar-refractivity contribution < 1.29 is 14.6 Å². The third-order valence-electron chi connectivity index (χ3n) is 2.64. The Labute approximate surface area is 126 Å². The molecule has 0 heterocycles. The lowest BCUT2D eigenvalue weighted by atomic mass is 10.1. The summed E-state index contributed by atoms with van der Waals surface area (Å²) in [5, 5.41) is 9.76. The van der Waals surface area contributed by atoms with Crippen molar-refractivity contribution in [3.05, 3.63) is 63.6 Å². The maximum absolute atomic E-state index is 10.7. The Morgan fingerprint density at radius 1 is 1.10 bits per heavy atom. The van der Waals surface area contributed by atoms with Gasteiger partial charge in [-0.25, -0.2) is 0 Å². The number of halogens is 2. The van der Waals surface area contributed by atoms with Crippen molar-refractivity contribution >= 4 is 29.2 Å². The second kappa shape index (κ2) is 6.64. The maximum Gasteiger partial charge on any atom is 0.307 e. The zero-order valence-electron chi connectivity index (χ0n) is 10.5. The van der Waals surface area contributed by atoms with E-state index >= 15 is 0 Å². The molecule has 0 aliphatic carbocycles. The van der Waals surface area contributed by atoms with Gasteiger partial charge in [0.2, 0.25) is 0 Å². The molecule has 2 aromatic carbocycles. The minimum absolute atomic E-state index is 0.00442. The summed E-state index contributed by atoms with van der Waals surface area (Å²) in [6.07, 6.45) is -0.00442. The topological polar surface area (TPSA) is 46.5 Å². The van der Waals surface area contributed by atoms with E-state index in [2.05, 4.69) is 0 Å². The van der Waals surface area contributed by atoms with Crippen molar-refractivity contribution in [2.45, 2.75) is 13.0 Å². The Balaban J connectivity index is 2.05. The summed E-state index contributed by atoms with van der Waals surface area (Å²) in [7, 11) is 0. The lowest BCUT2D eigenvalue weighted by Crippen LogP contribution is -2.02. The van der Waals surface area contributed by atoms with E-state index in [4.69, 9.17) is 33.0 Å². The van der Waals surface area contributed by atoms with Crippen LogP contribution in [0.1, 0.15) is 11.1 Å². The van der Waals surface area contributed by atoms with E-state index < -0.39 is 5.97 Å². The van der Waals surface area contributed by atoms with Gasteiger partial charge in [0.1, 0.15) is 12.4 Å². The van der Waals surface area contributed by atoms with Crippen LogP contribution in [0, 0.1) is 0 Å². The average molecular weight is 311 g/mol. The second-order valence-corrected chi connectivity index (χ2v) is 5.10. The molecule has 0 spiro atoms. The summed E-state index contributed by atoms with van der Waals surface area (Å²) in [5.74, 6) is -0.316. The number of carbonyl (C=O) groups is 1. The Kier molecular flexibility index (Phi) is 4.88. The van der Waals surface area contributed by atoms with Gasteiger partial charge in [0, 0.05) is 5.02 Å². The third kappa shape index (κ3) is 4.15. The quantitative estimate of drug-likeness (QED) is 0.900. The highest BCUT2D eigenvalue weighted by Gasteiger charge is 2.05. The van der Waals surface area contributed by atoms with Gasteiger partial charge >= 0.3 is 5.97 Å². The lowest BCUT2D eigenvalue weighted by Gasteiger charge is -2.09. The van der Waals surface area contributed by atoms with Crippen molar-refractivity contribution in [1.29, 1.82) is 0 Å². The largest absolute Gasteiger partial charge is 0.487 e. The van der Waals surface area contributed by atoms with Gasteiger partial charge in [0.25, 0.3) is 0 Å². The maximum atomic E-state index is 10.7. The van der Waals surface area contributed by atoms with E-state index in [1.165, 1.54) is 0 Å². The molecule has 0 bridgehead atoms. The number of benzene rings is 2. The standard InChI is InChI=1S/C15H12Cl2O3/c16-12-4-5-14(13(17)8-12)20-9-11-3-1-2-10(6-11)7-15(18)19/h1-6,8H,7,9H2,(H,18,19). The van der Waals surface area contributed by atoms with Gasteiger partial charge in [-0.1, -0.05) is 47.5 Å². The minimum Gasteiger partial charge on any atom is -0.487 e. The zero-order valence-corrected chi connectivity index (χ0v) is 12.0. The lowest BCUT2D eigenvalue weighted by molar-refractivity contribution is -0.136. The molecule has 3 nitrogen and oxygen atoms in total. The predicted octanol–water partition coefficient (Wildman–Crippen LogP) is 4.20. The Bertz CT molecular complexity index is 626. The van der Waals surface area contributed by atoms with Crippen LogP contribution in [0.2, 0.25) is 10.0 Å². The first kappa shape index (κ1) is 14.7. The summed E-state index contributed by atoms with van der Waals surface area (Å²) < 4.78 is 5.60. The molecule has 2 aromatic rings. The molecule has 0 aromatic heterocycles. The van der Waals surface area contributed by atoms with E-state index in [0.29, 0.717) is 22.4 Å². The Morgan fingerprint density at radius 2 is 1.85 bits per heavy atom. The molecule has 0 radical (unpaired) electrons. The number of hydrogen-bond acceptors (Lipinski definition) is 2. The summed E-state index contributed by atoms with van der Waals surface area (Å²) in [4.78, 5) is 10.7. The van der Waals surface area contributed by atoms with Crippen LogP contribution in [0.15, 0.2) is 42.5 Å². The molecule has 0 amide bonds. The third-order valence-corrected chi connectivity index (χ3v) is 3.17. The van der Waals surface area contributed by atoms with Gasteiger partial charge in [-0.15, -0.1) is 0 Å². The van der Waals surface area contributed by atoms with Crippen LogP contribution >= 0.6 is 23.2 Å². The van der Waals surface area contributed by atoms with Gasteiger partial charge in [-0.05, 0) is 29.3 Å². The summed E-state index contributed by atoms with van der Waals surface area (Å²) in [5.41, 5.74) is 1.62. The molecule has 0 unspecified atom stereocenters. The fourth-order valence-electron chi connectivity index (χ4n) is 1.76. The van der Waals surface area contributed by atoms with Crippen LogP contribution < -0.4 is 4.74 Å². The molecule has 1 N–H and O–H groups in total. The van der Waals surface area contributed by atoms with Crippen LogP contribution in [-0.4, -0.2) is 11.1 Å². The van der Waals surface area contributed by atoms with Crippen LogP contribution in [0.25, 0.3) is 0 Å². The molecule has 2 rings (SSSR count). The Morgan fingerprint density at radius 3 is 2.55 bits per heavy atom. The first-order valence-corrected chi connectivity index (χ1v) is 6.67. The number of aliphatic carboxylic acids is 1. The summed E-state index contributed by atoms with van der Waals surface area (Å²) in [6, 6.07) is 12.3. The average Bonchev–Trinajstić information content (AvgIpc) is 2.37. The molecular weight excluding hydrogens is 299 g/mol. The van der Waals surface area contributed by atoms with Crippen molar-refractivity contribution in [2.75, 3.05) is 0 Å². The molecule has 0 atom stereocenters. The molecule has 0 fully saturated rings. The number of hydrogen-bond donors (Lipinski definition) is 1. The summed E-state index contributed by atoms with van der Waals surface area (Å²) in [6.45, 7) is 0.314. The van der Waals surface area contributed by atoms with Gasteiger partial charge in [-0.2, -0.15) is 0 Å². The normalized spacial score (nSPS) is 10.3. The van der Waals surface area contributed by atoms with E-state index in [-0.39, 0.29) is 6.42 Å². The molecule has 20 heavy (non-hydrogen) atoms. The highest BCUT2D eigenvalue weighted by Crippen LogP contribution is 2.28. The van der Waals surface area contributed by atoms with Crippen molar-refractivity contribution in [1.82, 2.24) is 0 Å². The number of ether oxygens (including phenoxy) is 1. The van der Waals surface area contributed by atoms with E-state index in [9.17, 15) is 4.79 Å². The molecule has 104 valence electrons. The van der Waals surface area contributed by atoms with E-state index in [1.807, 2.05) is 6.07 Å². The molecule has 0 aliphatic rings. The number of carboxylic acid groups (broad SMARTS) is 1. The van der Waals surface area contributed by atoms with Crippen molar-refractivity contribution in [2.24, 2.45) is 0 Å². The van der Waals surface area contributed by atoms with Gasteiger partial charge in [0.05, 0.1) is 11.4 Å².